The summed E-state index contributed by atoms with van der Waals surface area (Å²) in [6, 6.07) is 0. The normalized spacial score (nSPS) is 8.67. The molecule has 58 valence electrons. The topological polar surface area (TPSA) is 29.5 Å². The molecule has 0 bridgehead atoms. The van der Waals surface area contributed by atoms with Crippen LogP contribution in [0.5, 0.6) is 0 Å². The van der Waals surface area contributed by atoms with E-state index in [9.17, 15) is 0 Å². The fraction of sp³-hybridized carbons (Fsp3) is 1.00. The van der Waals surface area contributed by atoms with E-state index in [1.165, 1.54) is 0 Å². The van der Waals surface area contributed by atoms with Crippen LogP contribution >= 0.6 is 33.2 Å². The van der Waals surface area contributed by atoms with Gasteiger partial charge in [0.25, 0.3) is 0 Å². The summed E-state index contributed by atoms with van der Waals surface area (Å²) in [6.07, 6.45) is 0. The van der Waals surface area contributed by atoms with Crippen molar-refractivity contribution in [3.05, 3.63) is 0 Å². The van der Waals surface area contributed by atoms with Crippen molar-refractivity contribution in [2.24, 2.45) is 0 Å². The molecule has 1 N–H and O–H groups in total. The Labute approximate surface area is 70.4 Å². The number of methoxy groups -OCH3 is 1. The Morgan fingerprint density at radius 2 is 1.78 bits per heavy atom. The minimum absolute atomic E-state index is 0.122. The second-order valence-electron chi connectivity index (χ2n) is 0.964. The monoisotopic (exact) mass is 210 g/mol. The van der Waals surface area contributed by atoms with Crippen LogP contribution in [0, 0.1) is 0 Å². The van der Waals surface area contributed by atoms with Crippen LogP contribution in [0.1, 0.15) is 0 Å². The summed E-state index contributed by atoms with van der Waals surface area (Å²) in [5.41, 5.74) is 0. The second-order valence-corrected chi connectivity index (χ2v) is 7.40. The number of hydrogen-bond acceptors (Lipinski definition) is 2. The quantitative estimate of drug-likeness (QED) is 0.546. The number of aliphatic hydroxyl groups excluding tert-OH is 1. The van der Waals surface area contributed by atoms with Crippen molar-refractivity contribution in [2.75, 3.05) is 20.3 Å². The van der Waals surface area contributed by atoms with Crippen LogP contribution in [-0.4, -0.2) is 32.2 Å². The lowest BCUT2D eigenvalue weighted by Crippen LogP contribution is -1.91. The van der Waals surface area contributed by atoms with Gasteiger partial charge in [-0.05, 0) is 0 Å². The van der Waals surface area contributed by atoms with Crippen molar-refractivity contribution in [3.8, 4) is 0 Å². The highest BCUT2D eigenvalue weighted by atomic mass is 35.8. The third-order valence-electron chi connectivity index (χ3n) is 0.295. The van der Waals surface area contributed by atoms with Gasteiger partial charge in [-0.25, -0.2) is 0 Å². The molecule has 0 aliphatic rings. The summed E-state index contributed by atoms with van der Waals surface area (Å²) in [4.78, 5) is 0. The van der Waals surface area contributed by atoms with Crippen LogP contribution in [0.3, 0.4) is 0 Å². The van der Waals surface area contributed by atoms with Crippen molar-refractivity contribution in [1.29, 1.82) is 0 Å². The summed E-state index contributed by atoms with van der Waals surface area (Å²) in [5, 5.41) is 7.94. The molecule has 0 heterocycles. The zero-order valence-electron chi connectivity index (χ0n) is 4.98. The van der Waals surface area contributed by atoms with Gasteiger partial charge in [-0.3, -0.25) is 0 Å². The fourth-order valence-electron chi connectivity index (χ4n) is 0.0913. The first-order valence-electron chi connectivity index (χ1n) is 2.17. The van der Waals surface area contributed by atoms with Crippen LogP contribution in [0.4, 0.5) is 0 Å². The van der Waals surface area contributed by atoms with E-state index in [2.05, 4.69) is 4.74 Å². The van der Waals surface area contributed by atoms with E-state index in [0.29, 0.717) is 6.61 Å². The molecule has 0 rings (SSSR count). The molecule has 0 aliphatic carbocycles. The SMILES string of the molecule is COCCO.Cl[SiH](Cl)Cl. The summed E-state index contributed by atoms with van der Waals surface area (Å²) in [5.74, 6) is 0. The Bertz CT molecular complexity index is 41.3. The van der Waals surface area contributed by atoms with Gasteiger partial charge in [0.1, 0.15) is 0 Å². The number of ether oxygens (including phenoxy) is 1. The zero-order valence-corrected chi connectivity index (χ0v) is 8.40. The Morgan fingerprint density at radius 1 is 1.44 bits per heavy atom. The molecule has 0 radical (unpaired) electrons. The second kappa shape index (κ2) is 11.8. The summed E-state index contributed by atoms with van der Waals surface area (Å²) in [7, 11) is 1.55. The van der Waals surface area contributed by atoms with E-state index in [-0.39, 0.29) is 6.61 Å². The molecular formula is C3H9Cl3O2Si. The van der Waals surface area contributed by atoms with Gasteiger partial charge in [0.2, 0.25) is 0 Å². The van der Waals surface area contributed by atoms with Crippen molar-refractivity contribution in [2.45, 2.75) is 0 Å². The van der Waals surface area contributed by atoms with Crippen LogP contribution in [0.2, 0.25) is 0 Å². The predicted octanol–water partition coefficient (Wildman–Crippen LogP) is 1.05. The molecule has 0 aromatic heterocycles. The molecule has 0 fully saturated rings. The molecule has 0 amide bonds. The molecule has 0 atom stereocenters. The van der Waals surface area contributed by atoms with E-state index < -0.39 is 6.73 Å². The predicted molar refractivity (Wildman–Crippen MR) is 43.7 cm³/mol. The number of rotatable bonds is 2. The van der Waals surface area contributed by atoms with Gasteiger partial charge in [-0.1, -0.05) is 0 Å². The van der Waals surface area contributed by atoms with Gasteiger partial charge in [0.15, 0.2) is 0 Å². The first-order chi connectivity index (χ1) is 4.15. The third-order valence-corrected chi connectivity index (χ3v) is 0.295. The van der Waals surface area contributed by atoms with Crippen LogP contribution in [-0.2, 0) is 4.74 Å². The summed E-state index contributed by atoms with van der Waals surface area (Å²) in [6.45, 7) is -1.16. The average Bonchev–Trinajstić information content (AvgIpc) is 1.66. The Hall–Kier alpha value is 1.01. The Balaban J connectivity index is 0. The van der Waals surface area contributed by atoms with Crippen molar-refractivity contribution >= 4 is 40.0 Å². The molecule has 2 nitrogen and oxygen atoms in total. The van der Waals surface area contributed by atoms with Crippen molar-refractivity contribution < 1.29 is 9.84 Å². The molecule has 6 heteroatoms. The summed E-state index contributed by atoms with van der Waals surface area (Å²) >= 11 is 14.8. The van der Waals surface area contributed by atoms with E-state index in [1.54, 1.807) is 7.11 Å². The maximum atomic E-state index is 7.94. The maximum absolute atomic E-state index is 7.94. The highest BCUT2D eigenvalue weighted by Crippen LogP contribution is 1.97. The molecule has 0 aromatic rings. The Kier molecular flexibility index (Phi) is 16.5. The highest BCUT2D eigenvalue weighted by Gasteiger charge is 1.85. The molecular weight excluding hydrogens is 202 g/mol. The van der Waals surface area contributed by atoms with E-state index in [0.717, 1.165) is 0 Å². The molecule has 0 saturated carbocycles. The number of halogens is 3. The zero-order chi connectivity index (χ0) is 7.70. The summed E-state index contributed by atoms with van der Waals surface area (Å²) < 4.78 is 4.44. The average molecular weight is 212 g/mol. The van der Waals surface area contributed by atoms with Gasteiger partial charge >= 0.3 is 6.73 Å². The van der Waals surface area contributed by atoms with Crippen molar-refractivity contribution in [1.82, 2.24) is 0 Å². The highest BCUT2D eigenvalue weighted by molar-refractivity contribution is 7.54. The molecule has 0 unspecified atom stereocenters. The fourth-order valence-corrected chi connectivity index (χ4v) is 0.0913. The van der Waals surface area contributed by atoms with Crippen LogP contribution < -0.4 is 0 Å². The minimum Gasteiger partial charge on any atom is -0.394 e. The minimum atomic E-state index is -1.72. The lowest BCUT2D eigenvalue weighted by molar-refractivity contribution is 0.135. The molecule has 0 spiro atoms. The van der Waals surface area contributed by atoms with Crippen LogP contribution in [0.25, 0.3) is 0 Å². The first-order valence-corrected chi connectivity index (χ1v) is 7.41. The standard InChI is InChI=1S/C3H8O2.Cl3HSi/c1-5-3-2-4;1-4(2)3/h4H,2-3H2,1H3;4H. The van der Waals surface area contributed by atoms with Gasteiger partial charge in [0.05, 0.1) is 13.2 Å². The van der Waals surface area contributed by atoms with Gasteiger partial charge in [0, 0.05) is 7.11 Å². The van der Waals surface area contributed by atoms with Crippen LogP contribution in [0.15, 0.2) is 0 Å². The lowest BCUT2D eigenvalue weighted by atomic mass is 10.8. The Morgan fingerprint density at radius 3 is 1.78 bits per heavy atom. The van der Waals surface area contributed by atoms with Gasteiger partial charge < -0.3 is 9.84 Å². The molecule has 0 aromatic carbocycles. The molecule has 0 aliphatic heterocycles. The largest absolute Gasteiger partial charge is 0.394 e. The molecule has 0 saturated heterocycles. The lowest BCUT2D eigenvalue weighted by Gasteiger charge is -1.84. The number of hydrogen-bond donors (Lipinski definition) is 1. The smallest absolute Gasteiger partial charge is 0.326 e. The van der Waals surface area contributed by atoms with Gasteiger partial charge in [-0.2, -0.15) is 0 Å². The van der Waals surface area contributed by atoms with E-state index in [4.69, 9.17) is 38.3 Å². The maximum Gasteiger partial charge on any atom is 0.326 e. The number of aliphatic hydroxyl groups is 1. The molecule has 9 heavy (non-hydrogen) atoms. The van der Waals surface area contributed by atoms with Gasteiger partial charge in [-0.15, -0.1) is 33.2 Å². The van der Waals surface area contributed by atoms with E-state index in [1.807, 2.05) is 0 Å². The first kappa shape index (κ1) is 12.7. The van der Waals surface area contributed by atoms with Crippen molar-refractivity contribution in [3.63, 3.8) is 0 Å². The van der Waals surface area contributed by atoms with E-state index >= 15 is 0 Å². The third kappa shape index (κ3) is 48.9.